The Bertz CT molecular complexity index is 518. The first-order chi connectivity index (χ1) is 10.0. The third-order valence-corrected chi connectivity index (χ3v) is 2.74. The van der Waals surface area contributed by atoms with Crippen LogP contribution in [-0.4, -0.2) is 38.1 Å². The van der Waals surface area contributed by atoms with Crippen molar-refractivity contribution in [2.24, 2.45) is 0 Å². The van der Waals surface area contributed by atoms with Crippen LogP contribution in [0.15, 0.2) is 24.3 Å². The number of ether oxygens (including phenoxy) is 2. The Labute approximate surface area is 127 Å². The van der Waals surface area contributed by atoms with E-state index in [4.69, 9.17) is 16.3 Å². The molecule has 1 rings (SSSR count). The van der Waals surface area contributed by atoms with Crippen LogP contribution in [-0.2, 0) is 19.1 Å². The molecule has 7 heteroatoms. The first-order valence-corrected chi connectivity index (χ1v) is 6.67. The van der Waals surface area contributed by atoms with Gasteiger partial charge in [-0.3, -0.25) is 9.59 Å². The highest BCUT2D eigenvalue weighted by Gasteiger charge is 2.10. The quantitative estimate of drug-likeness (QED) is 0.610. The van der Waals surface area contributed by atoms with Gasteiger partial charge in [0.25, 0.3) is 5.91 Å². The van der Waals surface area contributed by atoms with Gasteiger partial charge >= 0.3 is 11.9 Å². The van der Waals surface area contributed by atoms with Crippen molar-refractivity contribution in [3.63, 3.8) is 0 Å². The molecule has 0 bridgehead atoms. The van der Waals surface area contributed by atoms with Gasteiger partial charge in [0.1, 0.15) is 0 Å². The number of carbonyl (C=O) groups is 3. The molecule has 0 atom stereocenters. The molecular weight excluding hydrogens is 298 g/mol. The van der Waals surface area contributed by atoms with Crippen molar-refractivity contribution >= 4 is 29.4 Å². The van der Waals surface area contributed by atoms with Gasteiger partial charge in [-0.2, -0.15) is 0 Å². The standard InChI is InChI=1S/C14H16ClNO5/c1-20-13(18)6-3-7-16-12(17)9-21-14(19)10-4-2-5-11(15)8-10/h2,4-5,8H,3,6-7,9H2,1H3,(H,16,17). The minimum Gasteiger partial charge on any atom is -0.469 e. The highest BCUT2D eigenvalue weighted by Crippen LogP contribution is 2.11. The van der Waals surface area contributed by atoms with Crippen molar-refractivity contribution in [2.75, 3.05) is 20.3 Å². The number of methoxy groups -OCH3 is 1. The minimum atomic E-state index is -0.623. The Balaban J connectivity index is 2.24. The number of amides is 1. The largest absolute Gasteiger partial charge is 0.469 e. The van der Waals surface area contributed by atoms with E-state index in [2.05, 4.69) is 10.1 Å². The Hall–Kier alpha value is -2.08. The molecule has 1 N–H and O–H groups in total. The molecule has 0 aliphatic rings. The molecule has 0 saturated carbocycles. The maximum atomic E-state index is 11.6. The number of carbonyl (C=O) groups excluding carboxylic acids is 3. The van der Waals surface area contributed by atoms with E-state index in [9.17, 15) is 14.4 Å². The molecule has 0 saturated heterocycles. The third-order valence-electron chi connectivity index (χ3n) is 2.50. The number of hydrogen-bond acceptors (Lipinski definition) is 5. The van der Waals surface area contributed by atoms with E-state index in [1.54, 1.807) is 18.2 Å². The molecular formula is C14H16ClNO5. The van der Waals surface area contributed by atoms with Gasteiger partial charge in [0.15, 0.2) is 6.61 Å². The number of halogens is 1. The molecule has 0 heterocycles. The van der Waals surface area contributed by atoms with Crippen LogP contribution in [0.4, 0.5) is 0 Å². The summed E-state index contributed by atoms with van der Waals surface area (Å²) >= 11 is 5.75. The lowest BCUT2D eigenvalue weighted by Gasteiger charge is -2.06. The molecule has 1 aromatic rings. The van der Waals surface area contributed by atoms with Crippen LogP contribution < -0.4 is 5.32 Å². The van der Waals surface area contributed by atoms with Crippen LogP contribution in [0.5, 0.6) is 0 Å². The van der Waals surface area contributed by atoms with E-state index in [-0.39, 0.29) is 24.6 Å². The van der Waals surface area contributed by atoms with Crippen molar-refractivity contribution in [1.29, 1.82) is 0 Å². The van der Waals surface area contributed by atoms with E-state index in [0.717, 1.165) is 0 Å². The Kier molecular flexibility index (Phi) is 7.25. The fraction of sp³-hybridized carbons (Fsp3) is 0.357. The summed E-state index contributed by atoms with van der Waals surface area (Å²) in [6.07, 6.45) is 0.680. The van der Waals surface area contributed by atoms with Gasteiger partial charge in [-0.25, -0.2) is 4.79 Å². The van der Waals surface area contributed by atoms with Crippen molar-refractivity contribution in [2.45, 2.75) is 12.8 Å². The maximum absolute atomic E-state index is 11.6. The Morgan fingerprint density at radius 2 is 2.05 bits per heavy atom. The topological polar surface area (TPSA) is 81.7 Å². The van der Waals surface area contributed by atoms with E-state index in [1.807, 2.05) is 0 Å². The van der Waals surface area contributed by atoms with E-state index in [0.29, 0.717) is 18.0 Å². The molecule has 0 radical (unpaired) electrons. The summed E-state index contributed by atoms with van der Waals surface area (Å²) in [5.41, 5.74) is 0.279. The maximum Gasteiger partial charge on any atom is 0.338 e. The summed E-state index contributed by atoms with van der Waals surface area (Å²) in [4.78, 5) is 33.9. The Morgan fingerprint density at radius 3 is 2.71 bits per heavy atom. The third kappa shape index (κ3) is 6.76. The van der Waals surface area contributed by atoms with Crippen LogP contribution in [0.2, 0.25) is 5.02 Å². The van der Waals surface area contributed by atoms with E-state index in [1.165, 1.54) is 13.2 Å². The average Bonchev–Trinajstić information content (AvgIpc) is 2.48. The fourth-order valence-corrected chi connectivity index (χ4v) is 1.63. The molecule has 1 amide bonds. The van der Waals surface area contributed by atoms with E-state index >= 15 is 0 Å². The van der Waals surface area contributed by atoms with Gasteiger partial charge in [0.2, 0.25) is 0 Å². The first kappa shape index (κ1) is 17.0. The molecule has 0 aromatic heterocycles. The summed E-state index contributed by atoms with van der Waals surface area (Å²) in [6.45, 7) is -0.0772. The van der Waals surface area contributed by atoms with Crippen LogP contribution in [0.3, 0.4) is 0 Å². The normalized spacial score (nSPS) is 9.81. The summed E-state index contributed by atoms with van der Waals surface area (Å²) in [5.74, 6) is -1.39. The average molecular weight is 314 g/mol. The van der Waals surface area contributed by atoms with Crippen LogP contribution in [0.25, 0.3) is 0 Å². The van der Waals surface area contributed by atoms with E-state index < -0.39 is 11.9 Å². The fourth-order valence-electron chi connectivity index (χ4n) is 1.44. The zero-order chi connectivity index (χ0) is 15.7. The highest BCUT2D eigenvalue weighted by molar-refractivity contribution is 6.30. The molecule has 0 aliphatic carbocycles. The van der Waals surface area contributed by atoms with Gasteiger partial charge in [-0.05, 0) is 24.6 Å². The zero-order valence-electron chi connectivity index (χ0n) is 11.6. The molecule has 0 fully saturated rings. The molecule has 6 nitrogen and oxygen atoms in total. The molecule has 0 aliphatic heterocycles. The predicted octanol–water partition coefficient (Wildman–Crippen LogP) is 1.57. The lowest BCUT2D eigenvalue weighted by atomic mass is 10.2. The van der Waals surface area contributed by atoms with Gasteiger partial charge in [0.05, 0.1) is 12.7 Å². The number of hydrogen-bond donors (Lipinski definition) is 1. The second kappa shape index (κ2) is 8.97. The highest BCUT2D eigenvalue weighted by atomic mass is 35.5. The van der Waals surface area contributed by atoms with Gasteiger partial charge in [-0.15, -0.1) is 0 Å². The van der Waals surface area contributed by atoms with Crippen molar-refractivity contribution in [3.8, 4) is 0 Å². The Morgan fingerprint density at radius 1 is 1.29 bits per heavy atom. The SMILES string of the molecule is COC(=O)CCCNC(=O)COC(=O)c1cccc(Cl)c1. The summed E-state index contributed by atoms with van der Waals surface area (Å²) in [6, 6.07) is 6.25. The minimum absolute atomic E-state index is 0.221. The monoisotopic (exact) mass is 313 g/mol. The smallest absolute Gasteiger partial charge is 0.338 e. The number of nitrogens with one attached hydrogen (secondary N) is 1. The molecule has 0 unspecified atom stereocenters. The van der Waals surface area contributed by atoms with Gasteiger partial charge in [0, 0.05) is 18.0 Å². The molecule has 21 heavy (non-hydrogen) atoms. The second-order valence-electron chi connectivity index (χ2n) is 4.12. The van der Waals surface area contributed by atoms with Crippen molar-refractivity contribution in [3.05, 3.63) is 34.9 Å². The summed E-state index contributed by atoms with van der Waals surface area (Å²) in [7, 11) is 1.30. The summed E-state index contributed by atoms with van der Waals surface area (Å²) in [5, 5.41) is 2.94. The zero-order valence-corrected chi connectivity index (χ0v) is 12.3. The van der Waals surface area contributed by atoms with Crippen molar-refractivity contribution < 1.29 is 23.9 Å². The van der Waals surface area contributed by atoms with Gasteiger partial charge in [-0.1, -0.05) is 17.7 Å². The second-order valence-corrected chi connectivity index (χ2v) is 4.55. The first-order valence-electron chi connectivity index (χ1n) is 6.29. The number of benzene rings is 1. The molecule has 1 aromatic carbocycles. The van der Waals surface area contributed by atoms with Crippen LogP contribution >= 0.6 is 11.6 Å². The molecule has 114 valence electrons. The predicted molar refractivity (Wildman–Crippen MR) is 76.0 cm³/mol. The lowest BCUT2D eigenvalue weighted by Crippen LogP contribution is -2.29. The van der Waals surface area contributed by atoms with Gasteiger partial charge < -0.3 is 14.8 Å². The van der Waals surface area contributed by atoms with Crippen molar-refractivity contribution in [1.82, 2.24) is 5.32 Å². The number of rotatable bonds is 7. The van der Waals surface area contributed by atoms with Crippen LogP contribution in [0.1, 0.15) is 23.2 Å². The number of esters is 2. The van der Waals surface area contributed by atoms with Crippen LogP contribution in [0, 0.1) is 0 Å². The lowest BCUT2D eigenvalue weighted by molar-refractivity contribution is -0.140. The summed E-state index contributed by atoms with van der Waals surface area (Å²) < 4.78 is 9.31. The molecule has 0 spiro atoms.